The summed E-state index contributed by atoms with van der Waals surface area (Å²) in [7, 11) is 0. The first-order chi connectivity index (χ1) is 10.7. The second-order valence-corrected chi connectivity index (χ2v) is 5.34. The van der Waals surface area contributed by atoms with Gasteiger partial charge < -0.3 is 19.6 Å². The van der Waals surface area contributed by atoms with Gasteiger partial charge in [-0.1, -0.05) is 12.1 Å². The zero-order valence-corrected chi connectivity index (χ0v) is 12.9. The molecule has 0 aliphatic carbocycles. The monoisotopic (exact) mass is 304 g/mol. The van der Waals surface area contributed by atoms with Gasteiger partial charge in [-0.15, -0.1) is 0 Å². The van der Waals surface area contributed by atoms with Crippen LogP contribution in [0.2, 0.25) is 0 Å². The van der Waals surface area contributed by atoms with Crippen LogP contribution >= 0.6 is 0 Å². The Morgan fingerprint density at radius 3 is 2.82 bits per heavy atom. The summed E-state index contributed by atoms with van der Waals surface area (Å²) in [6.45, 7) is 8.64. The van der Waals surface area contributed by atoms with Gasteiger partial charge in [-0.05, 0) is 13.5 Å². The van der Waals surface area contributed by atoms with Crippen LogP contribution in [0, 0.1) is 6.92 Å². The summed E-state index contributed by atoms with van der Waals surface area (Å²) in [5, 5.41) is 7.68. The number of likely N-dealkylation sites (N-methyl/N-ethyl adjacent to an activating group) is 1. The highest BCUT2D eigenvalue weighted by atomic mass is 16.5. The number of carbonyl (C=O) groups is 1. The van der Waals surface area contributed by atoms with Crippen LogP contribution in [0.3, 0.4) is 0 Å². The molecule has 3 rings (SSSR count). The van der Waals surface area contributed by atoms with Crippen molar-refractivity contribution in [1.82, 2.24) is 24.9 Å². The molecule has 1 N–H and O–H groups in total. The number of amides is 1. The second kappa shape index (κ2) is 6.27. The SMILES string of the molecule is CCN1CCN(C(=O)CNc2ncnc3onc(C)c23)CC1. The van der Waals surface area contributed by atoms with Crippen LogP contribution in [0.15, 0.2) is 10.9 Å². The van der Waals surface area contributed by atoms with Gasteiger partial charge in [0, 0.05) is 26.2 Å². The van der Waals surface area contributed by atoms with Crippen LogP contribution in [0.5, 0.6) is 0 Å². The normalized spacial score (nSPS) is 16.2. The topological polar surface area (TPSA) is 87.4 Å². The number of hydrogen-bond acceptors (Lipinski definition) is 7. The van der Waals surface area contributed by atoms with Gasteiger partial charge in [-0.25, -0.2) is 4.98 Å². The first-order valence-corrected chi connectivity index (χ1v) is 7.50. The molecule has 2 aromatic heterocycles. The largest absolute Gasteiger partial charge is 0.360 e. The third-order valence-electron chi connectivity index (χ3n) is 4.02. The number of hydrogen-bond donors (Lipinski definition) is 1. The lowest BCUT2D eigenvalue weighted by Gasteiger charge is -2.34. The minimum Gasteiger partial charge on any atom is -0.360 e. The van der Waals surface area contributed by atoms with E-state index in [-0.39, 0.29) is 12.5 Å². The van der Waals surface area contributed by atoms with E-state index in [9.17, 15) is 4.79 Å². The van der Waals surface area contributed by atoms with Crippen molar-refractivity contribution in [3.05, 3.63) is 12.0 Å². The van der Waals surface area contributed by atoms with Gasteiger partial charge in [0.25, 0.3) is 5.71 Å². The summed E-state index contributed by atoms with van der Waals surface area (Å²) in [5.41, 5.74) is 1.14. The maximum atomic E-state index is 12.3. The molecular weight excluding hydrogens is 284 g/mol. The van der Waals surface area contributed by atoms with E-state index >= 15 is 0 Å². The van der Waals surface area contributed by atoms with Crippen molar-refractivity contribution in [2.75, 3.05) is 44.6 Å². The van der Waals surface area contributed by atoms with Crippen molar-refractivity contribution in [2.45, 2.75) is 13.8 Å². The lowest BCUT2D eigenvalue weighted by molar-refractivity contribution is -0.131. The van der Waals surface area contributed by atoms with Crippen molar-refractivity contribution in [2.24, 2.45) is 0 Å². The molecule has 2 aromatic rings. The maximum absolute atomic E-state index is 12.3. The quantitative estimate of drug-likeness (QED) is 0.880. The molecule has 118 valence electrons. The Hall–Kier alpha value is -2.22. The molecular formula is C14H20N6O2. The number of nitrogens with one attached hydrogen (secondary N) is 1. The Bertz CT molecular complexity index is 662. The van der Waals surface area contributed by atoms with E-state index in [4.69, 9.17) is 4.52 Å². The predicted octanol–water partition coefficient (Wildman–Crippen LogP) is 0.502. The van der Waals surface area contributed by atoms with E-state index in [0.29, 0.717) is 17.2 Å². The molecule has 0 atom stereocenters. The Morgan fingerprint density at radius 1 is 1.32 bits per heavy atom. The Balaban J connectivity index is 1.62. The highest BCUT2D eigenvalue weighted by Crippen LogP contribution is 2.22. The number of piperazine rings is 1. The first-order valence-electron chi connectivity index (χ1n) is 7.50. The molecule has 1 aliphatic heterocycles. The Kier molecular flexibility index (Phi) is 4.19. The van der Waals surface area contributed by atoms with E-state index in [0.717, 1.165) is 38.1 Å². The number of fused-ring (bicyclic) bond motifs is 1. The van der Waals surface area contributed by atoms with E-state index in [1.54, 1.807) is 0 Å². The minimum absolute atomic E-state index is 0.0802. The summed E-state index contributed by atoms with van der Waals surface area (Å²) in [5.74, 6) is 0.668. The highest BCUT2D eigenvalue weighted by molar-refractivity contribution is 5.89. The smallest absolute Gasteiger partial charge is 0.263 e. The van der Waals surface area contributed by atoms with Gasteiger partial charge in [0.15, 0.2) is 0 Å². The lowest BCUT2D eigenvalue weighted by atomic mass is 10.3. The molecule has 1 aliphatic rings. The van der Waals surface area contributed by atoms with Crippen LogP contribution < -0.4 is 5.32 Å². The highest BCUT2D eigenvalue weighted by Gasteiger charge is 2.20. The number of anilines is 1. The average molecular weight is 304 g/mol. The zero-order chi connectivity index (χ0) is 15.5. The summed E-state index contributed by atoms with van der Waals surface area (Å²) < 4.78 is 5.09. The fourth-order valence-corrected chi connectivity index (χ4v) is 2.64. The summed E-state index contributed by atoms with van der Waals surface area (Å²) in [4.78, 5) is 24.7. The minimum atomic E-state index is 0.0802. The van der Waals surface area contributed by atoms with Crippen molar-refractivity contribution in [3.8, 4) is 0 Å². The number of rotatable bonds is 4. The average Bonchev–Trinajstić information content (AvgIpc) is 2.95. The molecule has 1 saturated heterocycles. The third kappa shape index (κ3) is 2.87. The fraction of sp³-hybridized carbons (Fsp3) is 0.571. The molecule has 0 saturated carbocycles. The molecule has 0 aromatic carbocycles. The molecule has 1 fully saturated rings. The van der Waals surface area contributed by atoms with Gasteiger partial charge in [-0.2, -0.15) is 4.98 Å². The number of nitrogens with zero attached hydrogens (tertiary/aromatic N) is 5. The molecule has 0 radical (unpaired) electrons. The number of aryl methyl sites for hydroxylation is 1. The molecule has 22 heavy (non-hydrogen) atoms. The molecule has 3 heterocycles. The molecule has 1 amide bonds. The van der Waals surface area contributed by atoms with Crippen LogP contribution in [0.1, 0.15) is 12.6 Å². The van der Waals surface area contributed by atoms with Crippen LogP contribution in [-0.2, 0) is 4.79 Å². The lowest BCUT2D eigenvalue weighted by Crippen LogP contribution is -2.49. The van der Waals surface area contributed by atoms with Crippen molar-refractivity contribution in [1.29, 1.82) is 0 Å². The van der Waals surface area contributed by atoms with Crippen LogP contribution in [0.4, 0.5) is 5.82 Å². The van der Waals surface area contributed by atoms with Crippen molar-refractivity contribution >= 4 is 22.8 Å². The Morgan fingerprint density at radius 2 is 2.09 bits per heavy atom. The first kappa shape index (κ1) is 14.7. The second-order valence-electron chi connectivity index (χ2n) is 5.34. The van der Waals surface area contributed by atoms with Gasteiger partial charge in [0.05, 0.1) is 12.2 Å². The van der Waals surface area contributed by atoms with E-state index < -0.39 is 0 Å². The van der Waals surface area contributed by atoms with Crippen LogP contribution in [0.25, 0.3) is 11.1 Å². The summed E-state index contributed by atoms with van der Waals surface area (Å²) >= 11 is 0. The molecule has 8 nitrogen and oxygen atoms in total. The van der Waals surface area contributed by atoms with E-state index in [1.807, 2.05) is 11.8 Å². The van der Waals surface area contributed by atoms with Crippen molar-refractivity contribution < 1.29 is 9.32 Å². The standard InChI is InChI=1S/C14H20N6O2/c1-3-19-4-6-20(7-5-19)11(21)8-15-13-12-10(2)18-22-14(12)17-9-16-13/h9H,3-8H2,1-2H3,(H,15,16,17). The van der Waals surface area contributed by atoms with Crippen LogP contribution in [-0.4, -0.2) is 70.1 Å². The molecule has 0 spiro atoms. The van der Waals surface area contributed by atoms with Gasteiger partial charge in [-0.3, -0.25) is 4.79 Å². The maximum Gasteiger partial charge on any atom is 0.263 e. The molecule has 0 unspecified atom stereocenters. The predicted molar refractivity (Wildman–Crippen MR) is 81.5 cm³/mol. The third-order valence-corrected chi connectivity index (χ3v) is 4.02. The fourth-order valence-electron chi connectivity index (χ4n) is 2.64. The van der Waals surface area contributed by atoms with Gasteiger partial charge in [0.2, 0.25) is 5.91 Å². The van der Waals surface area contributed by atoms with E-state index in [2.05, 4.69) is 32.3 Å². The van der Waals surface area contributed by atoms with Crippen molar-refractivity contribution in [3.63, 3.8) is 0 Å². The zero-order valence-electron chi connectivity index (χ0n) is 12.9. The molecule has 0 bridgehead atoms. The summed E-state index contributed by atoms with van der Waals surface area (Å²) in [6, 6.07) is 0. The Labute approximate surface area is 128 Å². The summed E-state index contributed by atoms with van der Waals surface area (Å²) in [6.07, 6.45) is 1.40. The number of aromatic nitrogens is 3. The van der Waals surface area contributed by atoms with Gasteiger partial charge >= 0.3 is 0 Å². The number of carbonyl (C=O) groups excluding carboxylic acids is 1. The van der Waals surface area contributed by atoms with E-state index in [1.165, 1.54) is 6.33 Å². The van der Waals surface area contributed by atoms with Gasteiger partial charge in [0.1, 0.15) is 17.5 Å². The molecule has 8 heteroatoms.